The lowest BCUT2D eigenvalue weighted by Gasteiger charge is -2.34. The van der Waals surface area contributed by atoms with Gasteiger partial charge in [0.25, 0.3) is 0 Å². The lowest BCUT2D eigenvalue weighted by Crippen LogP contribution is -2.55. The SMILES string of the molecule is CCC(=O)CCCCC[C@@H]1NC(=O)[C@H](C)N(C)C(=O)CCN(CC(C)C)C(=O)CN(CC2CCCCC2)C1=O. The van der Waals surface area contributed by atoms with Gasteiger partial charge in [-0.25, -0.2) is 0 Å². The summed E-state index contributed by atoms with van der Waals surface area (Å²) in [6.07, 6.45) is 9.35. The molecule has 0 bridgehead atoms. The van der Waals surface area contributed by atoms with E-state index in [9.17, 15) is 24.0 Å². The van der Waals surface area contributed by atoms with E-state index >= 15 is 0 Å². The molecule has 2 fully saturated rings. The molecule has 9 nitrogen and oxygen atoms in total. The normalized spacial score (nSPS) is 23.0. The monoisotopic (exact) mass is 548 g/mol. The molecule has 2 aliphatic rings. The summed E-state index contributed by atoms with van der Waals surface area (Å²) in [6.45, 7) is 8.82. The van der Waals surface area contributed by atoms with E-state index in [0.29, 0.717) is 44.7 Å². The Kier molecular flexibility index (Phi) is 14.0. The molecule has 0 unspecified atom stereocenters. The van der Waals surface area contributed by atoms with Gasteiger partial charge < -0.3 is 20.0 Å². The van der Waals surface area contributed by atoms with Crippen molar-refractivity contribution in [3.05, 3.63) is 0 Å². The number of hydrogen-bond donors (Lipinski definition) is 1. The van der Waals surface area contributed by atoms with E-state index in [1.807, 2.05) is 20.8 Å². The van der Waals surface area contributed by atoms with Crippen LogP contribution in [0.15, 0.2) is 0 Å². The van der Waals surface area contributed by atoms with Gasteiger partial charge in [-0.1, -0.05) is 52.9 Å². The number of carbonyl (C=O) groups excluding carboxylic acids is 5. The number of unbranched alkanes of at least 4 members (excludes halogenated alkanes) is 2. The van der Waals surface area contributed by atoms with Crippen LogP contribution in [0.3, 0.4) is 0 Å². The summed E-state index contributed by atoms with van der Waals surface area (Å²) in [6, 6.07) is -1.52. The second-order valence-electron chi connectivity index (χ2n) is 11.9. The molecular weight excluding hydrogens is 496 g/mol. The van der Waals surface area contributed by atoms with Crippen LogP contribution in [0.25, 0.3) is 0 Å². The van der Waals surface area contributed by atoms with Crippen LogP contribution >= 0.6 is 0 Å². The Morgan fingerprint density at radius 3 is 2.31 bits per heavy atom. The fraction of sp³-hybridized carbons (Fsp3) is 0.833. The Labute approximate surface area is 235 Å². The lowest BCUT2D eigenvalue weighted by molar-refractivity contribution is -0.143. The van der Waals surface area contributed by atoms with E-state index in [-0.39, 0.29) is 54.8 Å². The summed E-state index contributed by atoms with van der Waals surface area (Å²) in [5, 5.41) is 2.93. The molecule has 0 aromatic heterocycles. The molecule has 0 aromatic rings. The zero-order valence-corrected chi connectivity index (χ0v) is 25.0. The summed E-state index contributed by atoms with van der Waals surface area (Å²) in [4.78, 5) is 70.2. The van der Waals surface area contributed by atoms with Gasteiger partial charge in [-0.2, -0.15) is 0 Å². The van der Waals surface area contributed by atoms with Crippen LogP contribution in [0.2, 0.25) is 0 Å². The van der Waals surface area contributed by atoms with Crippen molar-refractivity contribution >= 4 is 29.4 Å². The van der Waals surface area contributed by atoms with Crippen LogP contribution in [0.1, 0.15) is 105 Å². The van der Waals surface area contributed by atoms with Crippen molar-refractivity contribution in [3.63, 3.8) is 0 Å². The number of nitrogens with zero attached hydrogens (tertiary/aromatic N) is 3. The van der Waals surface area contributed by atoms with Gasteiger partial charge in [0.05, 0.1) is 6.54 Å². The number of ketones is 1. The molecule has 2 atom stereocenters. The third-order valence-electron chi connectivity index (χ3n) is 8.19. The van der Waals surface area contributed by atoms with Crippen LogP contribution in [-0.2, 0) is 24.0 Å². The predicted octanol–water partition coefficient (Wildman–Crippen LogP) is 3.54. The molecule has 4 amide bonds. The summed E-state index contributed by atoms with van der Waals surface area (Å²) >= 11 is 0. The Morgan fingerprint density at radius 1 is 0.974 bits per heavy atom. The largest absolute Gasteiger partial charge is 0.343 e. The predicted molar refractivity (Wildman–Crippen MR) is 152 cm³/mol. The van der Waals surface area contributed by atoms with Gasteiger partial charge >= 0.3 is 0 Å². The number of hydrogen-bond acceptors (Lipinski definition) is 5. The topological polar surface area (TPSA) is 107 Å². The van der Waals surface area contributed by atoms with Crippen molar-refractivity contribution in [1.29, 1.82) is 0 Å². The summed E-state index contributed by atoms with van der Waals surface area (Å²) in [7, 11) is 1.60. The fourth-order valence-electron chi connectivity index (χ4n) is 5.53. The van der Waals surface area contributed by atoms with E-state index in [1.165, 1.54) is 11.3 Å². The van der Waals surface area contributed by atoms with Gasteiger partial charge in [-0.3, -0.25) is 24.0 Å². The molecule has 0 radical (unpaired) electrons. The Hall–Kier alpha value is -2.45. The third-order valence-corrected chi connectivity index (χ3v) is 8.19. The van der Waals surface area contributed by atoms with Gasteiger partial charge in [-0.05, 0) is 44.4 Å². The number of nitrogens with one attached hydrogen (secondary N) is 1. The zero-order valence-electron chi connectivity index (χ0n) is 25.0. The maximum absolute atomic E-state index is 14.0. The zero-order chi connectivity index (χ0) is 28.9. The van der Waals surface area contributed by atoms with E-state index in [2.05, 4.69) is 5.32 Å². The van der Waals surface area contributed by atoms with Gasteiger partial charge in [0.2, 0.25) is 23.6 Å². The molecule has 1 aliphatic carbocycles. The molecule has 0 spiro atoms. The maximum Gasteiger partial charge on any atom is 0.245 e. The lowest BCUT2D eigenvalue weighted by atomic mass is 9.88. The molecule has 1 saturated carbocycles. The number of carbonyl (C=O) groups is 5. The average molecular weight is 549 g/mol. The smallest absolute Gasteiger partial charge is 0.245 e. The van der Waals surface area contributed by atoms with Crippen molar-refractivity contribution in [2.45, 2.75) is 117 Å². The second kappa shape index (κ2) is 16.6. The minimum absolute atomic E-state index is 0.0426. The molecular formula is C30H52N4O5. The summed E-state index contributed by atoms with van der Waals surface area (Å²) in [5.41, 5.74) is 0. The number of Topliss-reactive ketones (excluding diaryl/α,β-unsaturated/α-hetero) is 1. The molecule has 9 heteroatoms. The molecule has 222 valence electrons. The first-order valence-electron chi connectivity index (χ1n) is 15.2. The first kappa shape index (κ1) is 32.8. The first-order valence-corrected chi connectivity index (χ1v) is 15.2. The van der Waals surface area contributed by atoms with Crippen LogP contribution in [0.5, 0.6) is 0 Å². The van der Waals surface area contributed by atoms with Gasteiger partial charge in [0.1, 0.15) is 17.9 Å². The van der Waals surface area contributed by atoms with Crippen molar-refractivity contribution in [2.24, 2.45) is 11.8 Å². The molecule has 1 N–H and O–H groups in total. The molecule has 1 saturated heterocycles. The van der Waals surface area contributed by atoms with E-state index in [1.54, 1.807) is 23.8 Å². The Bertz CT molecular complexity index is 839. The fourth-order valence-corrected chi connectivity index (χ4v) is 5.53. The van der Waals surface area contributed by atoms with Crippen molar-refractivity contribution in [1.82, 2.24) is 20.0 Å². The van der Waals surface area contributed by atoms with Gasteiger partial charge in [0, 0.05) is 45.9 Å². The van der Waals surface area contributed by atoms with Crippen molar-refractivity contribution in [3.8, 4) is 0 Å². The highest BCUT2D eigenvalue weighted by Gasteiger charge is 2.33. The highest BCUT2D eigenvalue weighted by Crippen LogP contribution is 2.25. The maximum atomic E-state index is 14.0. The molecule has 1 heterocycles. The van der Waals surface area contributed by atoms with Crippen molar-refractivity contribution < 1.29 is 24.0 Å². The van der Waals surface area contributed by atoms with Crippen LogP contribution in [0, 0.1) is 11.8 Å². The second-order valence-corrected chi connectivity index (χ2v) is 11.9. The molecule has 39 heavy (non-hydrogen) atoms. The third kappa shape index (κ3) is 10.9. The average Bonchev–Trinajstić information content (AvgIpc) is 2.92. The summed E-state index contributed by atoms with van der Waals surface area (Å²) < 4.78 is 0. The quantitative estimate of drug-likeness (QED) is 0.398. The Balaban J connectivity index is 2.31. The van der Waals surface area contributed by atoms with E-state index < -0.39 is 12.1 Å². The highest BCUT2D eigenvalue weighted by atomic mass is 16.2. The van der Waals surface area contributed by atoms with Crippen LogP contribution in [-0.4, -0.2) is 89.4 Å². The van der Waals surface area contributed by atoms with Gasteiger partial charge in [-0.15, -0.1) is 0 Å². The number of rotatable bonds is 11. The van der Waals surface area contributed by atoms with Gasteiger partial charge in [0.15, 0.2) is 0 Å². The van der Waals surface area contributed by atoms with Crippen LogP contribution in [0.4, 0.5) is 0 Å². The highest BCUT2D eigenvalue weighted by molar-refractivity contribution is 5.93. The molecule has 2 rings (SSSR count). The first-order chi connectivity index (χ1) is 18.5. The minimum atomic E-state index is -0.777. The number of amides is 4. The molecule has 0 aromatic carbocycles. The number of likely N-dealkylation sites (N-methyl/N-ethyl adjacent to an activating group) is 1. The van der Waals surface area contributed by atoms with Crippen molar-refractivity contribution in [2.75, 3.05) is 33.2 Å². The minimum Gasteiger partial charge on any atom is -0.343 e. The Morgan fingerprint density at radius 2 is 1.67 bits per heavy atom. The van der Waals surface area contributed by atoms with Crippen LogP contribution < -0.4 is 5.32 Å². The standard InChI is InChI=1S/C30H52N4O5/c1-6-25(35)15-11-8-12-16-26-30(39)34(20-24-13-9-7-10-14-24)21-28(37)33(19-22(2)3)18-17-27(36)32(5)23(4)29(38)31-26/h22-24,26H,6-21H2,1-5H3,(H,31,38)/t23-,26-/m0/s1. The van der Waals surface area contributed by atoms with E-state index in [0.717, 1.165) is 38.5 Å². The summed E-state index contributed by atoms with van der Waals surface area (Å²) in [5.74, 6) is -0.169. The van der Waals surface area contributed by atoms with E-state index in [4.69, 9.17) is 0 Å². The molecule has 1 aliphatic heterocycles.